The van der Waals surface area contributed by atoms with Crippen molar-refractivity contribution in [3.63, 3.8) is 0 Å². The van der Waals surface area contributed by atoms with Gasteiger partial charge in [0.25, 0.3) is 5.91 Å². The molecule has 3 aromatic rings. The van der Waals surface area contributed by atoms with Crippen molar-refractivity contribution in [1.82, 2.24) is 19.9 Å². The molecular weight excluding hydrogens is 457 g/mol. The molecule has 4 heterocycles. The number of nitrogens with zero attached hydrogens (tertiary/aromatic N) is 7. The molecule has 1 amide bonds. The molecule has 2 atom stereocenters. The zero-order chi connectivity index (χ0) is 23.7. The van der Waals surface area contributed by atoms with Crippen LogP contribution in [0.4, 0.5) is 16.0 Å². The monoisotopic (exact) mass is 475 g/mol. The smallest absolute Gasteiger partial charge is 0.275 e. The van der Waals surface area contributed by atoms with Gasteiger partial charge in [0.15, 0.2) is 16.7 Å². The molecule has 0 radical (unpaired) electrons. The van der Waals surface area contributed by atoms with E-state index >= 15 is 0 Å². The molecule has 0 bridgehead atoms. The highest BCUT2D eigenvalue weighted by molar-refractivity contribution is 8.13. The van der Waals surface area contributed by atoms with Crippen molar-refractivity contribution in [1.29, 1.82) is 5.26 Å². The summed E-state index contributed by atoms with van der Waals surface area (Å²) in [7, 11) is 0. The lowest BCUT2D eigenvalue weighted by Crippen LogP contribution is -2.40. The number of amides is 1. The summed E-state index contributed by atoms with van der Waals surface area (Å²) < 4.78 is 13.3. The molecule has 1 aromatic carbocycles. The SMILES string of the molecule is N#Cc1cnc(C(=O)Nc2cccc([C@]34CN(c5ncc(F)cn5)C[C@H]3CSC(N)=N4)c2)cn1. The molecule has 12 heteroatoms. The zero-order valence-electron chi connectivity index (χ0n) is 17.7. The van der Waals surface area contributed by atoms with E-state index in [4.69, 9.17) is 16.0 Å². The number of hydrogen-bond donors (Lipinski definition) is 2. The van der Waals surface area contributed by atoms with Crippen LogP contribution in [-0.4, -0.2) is 49.9 Å². The Hall–Kier alpha value is -4.11. The predicted octanol–water partition coefficient (Wildman–Crippen LogP) is 1.92. The number of carbonyl (C=O) groups is 1. The summed E-state index contributed by atoms with van der Waals surface area (Å²) in [4.78, 5) is 35.6. The maximum Gasteiger partial charge on any atom is 0.275 e. The largest absolute Gasteiger partial charge is 0.379 e. The normalized spacial score (nSPS) is 21.4. The zero-order valence-corrected chi connectivity index (χ0v) is 18.5. The number of amidine groups is 1. The second-order valence-electron chi connectivity index (χ2n) is 7.90. The number of fused-ring (bicyclic) bond motifs is 1. The first-order chi connectivity index (χ1) is 16.5. The minimum absolute atomic E-state index is 0.0947. The standard InChI is InChI=1S/C22H18FN9OS/c23-15-6-28-21(29-7-15)32-10-14-11-34-20(25)31-22(14,12-32)13-2-1-3-16(4-13)30-19(33)18-9-26-17(5-24)8-27-18/h1-4,6-9,14H,10-12H2,(H2,25,31)(H,30,33)/t14-,22+/m0/s1. The lowest BCUT2D eigenvalue weighted by molar-refractivity contribution is 0.102. The fourth-order valence-corrected chi connectivity index (χ4v) is 5.19. The van der Waals surface area contributed by atoms with Crippen LogP contribution in [-0.2, 0) is 5.54 Å². The highest BCUT2D eigenvalue weighted by Gasteiger charge is 2.50. The first-order valence-corrected chi connectivity index (χ1v) is 11.3. The van der Waals surface area contributed by atoms with Gasteiger partial charge >= 0.3 is 0 Å². The molecule has 34 heavy (non-hydrogen) atoms. The third kappa shape index (κ3) is 4.01. The molecule has 2 aromatic heterocycles. The van der Waals surface area contributed by atoms with E-state index in [2.05, 4.69) is 25.3 Å². The third-order valence-corrected chi connectivity index (χ3v) is 6.76. The van der Waals surface area contributed by atoms with Crippen LogP contribution < -0.4 is 16.0 Å². The van der Waals surface area contributed by atoms with Crippen LogP contribution in [0.15, 0.2) is 54.0 Å². The quantitative estimate of drug-likeness (QED) is 0.578. The van der Waals surface area contributed by atoms with Crippen molar-refractivity contribution in [2.24, 2.45) is 16.6 Å². The number of benzene rings is 1. The average Bonchev–Trinajstić information content (AvgIpc) is 3.24. The van der Waals surface area contributed by atoms with Crippen molar-refractivity contribution < 1.29 is 9.18 Å². The Labute approximate surface area is 198 Å². The number of hydrogen-bond acceptors (Lipinski definition) is 10. The topological polar surface area (TPSA) is 146 Å². The van der Waals surface area contributed by atoms with E-state index in [1.165, 1.54) is 24.2 Å². The Kier molecular flexibility index (Phi) is 5.54. The first-order valence-electron chi connectivity index (χ1n) is 10.3. The van der Waals surface area contributed by atoms with Gasteiger partial charge in [-0.1, -0.05) is 23.9 Å². The second-order valence-corrected chi connectivity index (χ2v) is 8.94. The van der Waals surface area contributed by atoms with Crippen LogP contribution in [0.2, 0.25) is 0 Å². The molecule has 10 nitrogen and oxygen atoms in total. The highest BCUT2D eigenvalue weighted by atomic mass is 32.2. The van der Waals surface area contributed by atoms with E-state index in [0.717, 1.165) is 23.7 Å². The fourth-order valence-electron chi connectivity index (χ4n) is 4.21. The second kappa shape index (κ2) is 8.68. The summed E-state index contributed by atoms with van der Waals surface area (Å²) in [6.45, 7) is 1.09. The molecule has 5 rings (SSSR count). The van der Waals surface area contributed by atoms with Crippen molar-refractivity contribution in [2.75, 3.05) is 29.1 Å². The van der Waals surface area contributed by atoms with Crippen LogP contribution in [0.5, 0.6) is 0 Å². The summed E-state index contributed by atoms with van der Waals surface area (Å²) >= 11 is 1.49. The summed E-state index contributed by atoms with van der Waals surface area (Å²) in [6, 6.07) is 9.29. The molecule has 0 unspecified atom stereocenters. The minimum atomic E-state index is -0.665. The number of rotatable bonds is 4. The third-order valence-electron chi connectivity index (χ3n) is 5.80. The van der Waals surface area contributed by atoms with Gasteiger partial charge in [-0.2, -0.15) is 5.26 Å². The number of nitrogens with two attached hydrogens (primary N) is 1. The van der Waals surface area contributed by atoms with Gasteiger partial charge in [0, 0.05) is 23.9 Å². The Morgan fingerprint density at radius 2 is 2.06 bits per heavy atom. The number of aromatic nitrogens is 4. The van der Waals surface area contributed by atoms with Gasteiger partial charge in [-0.3, -0.25) is 4.79 Å². The van der Waals surface area contributed by atoms with Gasteiger partial charge < -0.3 is 16.0 Å². The van der Waals surface area contributed by atoms with Crippen molar-refractivity contribution >= 4 is 34.5 Å². The Balaban J connectivity index is 1.44. The number of nitrogens with one attached hydrogen (secondary N) is 1. The van der Waals surface area contributed by atoms with E-state index in [1.807, 2.05) is 29.2 Å². The molecule has 170 valence electrons. The Bertz CT molecular complexity index is 1310. The van der Waals surface area contributed by atoms with E-state index in [9.17, 15) is 9.18 Å². The average molecular weight is 476 g/mol. The van der Waals surface area contributed by atoms with Crippen molar-refractivity contribution in [2.45, 2.75) is 5.54 Å². The molecular formula is C22H18FN9OS. The van der Waals surface area contributed by atoms with E-state index in [-0.39, 0.29) is 17.3 Å². The van der Waals surface area contributed by atoms with Crippen LogP contribution >= 0.6 is 11.8 Å². The van der Waals surface area contributed by atoms with Gasteiger partial charge in [-0.25, -0.2) is 29.3 Å². The predicted molar refractivity (Wildman–Crippen MR) is 125 cm³/mol. The molecule has 0 saturated carbocycles. The molecule has 0 spiro atoms. The van der Waals surface area contributed by atoms with Crippen molar-refractivity contribution in [3.8, 4) is 6.07 Å². The number of carbonyl (C=O) groups excluding carboxylic acids is 1. The van der Waals surface area contributed by atoms with Gasteiger partial charge in [-0.15, -0.1) is 0 Å². The molecule has 3 N–H and O–H groups in total. The minimum Gasteiger partial charge on any atom is -0.379 e. The van der Waals surface area contributed by atoms with E-state index in [1.54, 1.807) is 6.07 Å². The van der Waals surface area contributed by atoms with E-state index < -0.39 is 17.3 Å². The first kappa shape index (κ1) is 21.7. The lowest BCUT2D eigenvalue weighted by atomic mass is 9.81. The Morgan fingerprint density at radius 1 is 1.24 bits per heavy atom. The van der Waals surface area contributed by atoms with Gasteiger partial charge in [0.05, 0.1) is 31.3 Å². The summed E-state index contributed by atoms with van der Waals surface area (Å²) in [5, 5.41) is 12.2. The number of thioether (sulfide) groups is 1. The molecule has 0 aliphatic carbocycles. The number of anilines is 2. The Morgan fingerprint density at radius 3 is 2.79 bits per heavy atom. The summed E-state index contributed by atoms with van der Waals surface area (Å²) in [5.74, 6) is 0.345. The highest BCUT2D eigenvalue weighted by Crippen LogP contribution is 2.46. The molecule has 1 saturated heterocycles. The number of aliphatic imine (C=N–C) groups is 1. The van der Waals surface area contributed by atoms with Crippen LogP contribution in [0, 0.1) is 23.1 Å². The maximum absolute atomic E-state index is 13.3. The fraction of sp³-hybridized carbons (Fsp3) is 0.227. The van der Waals surface area contributed by atoms with Crippen LogP contribution in [0.25, 0.3) is 0 Å². The van der Waals surface area contributed by atoms with Crippen LogP contribution in [0.3, 0.4) is 0 Å². The van der Waals surface area contributed by atoms with E-state index in [0.29, 0.717) is 29.9 Å². The van der Waals surface area contributed by atoms with Gasteiger partial charge in [0.2, 0.25) is 5.95 Å². The van der Waals surface area contributed by atoms with Crippen molar-refractivity contribution in [3.05, 3.63) is 71.8 Å². The summed E-state index contributed by atoms with van der Waals surface area (Å²) in [5.41, 5.74) is 7.15. The van der Waals surface area contributed by atoms with Gasteiger partial charge in [-0.05, 0) is 17.7 Å². The molecule has 2 aliphatic rings. The summed E-state index contributed by atoms with van der Waals surface area (Å²) in [6.07, 6.45) is 4.79. The number of halogens is 1. The number of nitriles is 1. The molecule has 2 aliphatic heterocycles. The maximum atomic E-state index is 13.3. The van der Waals surface area contributed by atoms with Crippen LogP contribution in [0.1, 0.15) is 21.7 Å². The van der Waals surface area contributed by atoms with Gasteiger partial charge in [0.1, 0.15) is 17.3 Å². The molecule has 1 fully saturated rings. The lowest BCUT2D eigenvalue weighted by Gasteiger charge is -2.34.